The van der Waals surface area contributed by atoms with Crippen LogP contribution in [0.4, 0.5) is 11.4 Å². The molecule has 2 amide bonds. The van der Waals surface area contributed by atoms with Crippen molar-refractivity contribution in [2.45, 2.75) is 96.2 Å². The minimum Gasteiger partial charge on any atom is -0.497 e. The molecular formula is C46H57N5O5Si. The van der Waals surface area contributed by atoms with Crippen molar-refractivity contribution < 1.29 is 24.2 Å². The molecule has 4 heterocycles. The molecule has 2 fully saturated rings. The molecular weight excluding hydrogens is 731 g/mol. The highest BCUT2D eigenvalue weighted by molar-refractivity contribution is 6.91. The van der Waals surface area contributed by atoms with E-state index in [4.69, 9.17) is 9.47 Å². The van der Waals surface area contributed by atoms with Crippen LogP contribution in [-0.2, 0) is 26.5 Å². The second kappa shape index (κ2) is 16.6. The number of β-lactam (4-membered cyclic amide) rings is 1. The first-order valence-corrected chi connectivity index (χ1v) is 23.4. The number of carbonyl (C=O) groups is 2. The fourth-order valence-electron chi connectivity index (χ4n) is 9.34. The van der Waals surface area contributed by atoms with E-state index in [0.29, 0.717) is 38.2 Å². The van der Waals surface area contributed by atoms with Crippen molar-refractivity contribution in [1.82, 2.24) is 15.0 Å². The summed E-state index contributed by atoms with van der Waals surface area (Å²) in [5.74, 6) is 0.381. The molecule has 1 spiro atoms. The first kappa shape index (κ1) is 40.4. The minimum atomic E-state index is -2.39. The molecule has 10 nitrogen and oxygen atoms in total. The number of nitrogens with zero attached hydrogens (tertiary/aromatic N) is 5. The van der Waals surface area contributed by atoms with Gasteiger partial charge in [-0.2, -0.15) is 0 Å². The highest BCUT2D eigenvalue weighted by Gasteiger charge is 2.66. The lowest BCUT2D eigenvalue weighted by molar-refractivity contribution is -0.145. The summed E-state index contributed by atoms with van der Waals surface area (Å²) in [4.78, 5) is 31.8. The number of methoxy groups -OCH3 is 1. The van der Waals surface area contributed by atoms with E-state index in [1.807, 2.05) is 70.4 Å². The maximum absolute atomic E-state index is 15.3. The van der Waals surface area contributed by atoms with Crippen LogP contribution in [0.25, 0.3) is 0 Å². The van der Waals surface area contributed by atoms with Gasteiger partial charge >= 0.3 is 0 Å². The van der Waals surface area contributed by atoms with Gasteiger partial charge in [0.1, 0.15) is 5.75 Å². The summed E-state index contributed by atoms with van der Waals surface area (Å²) in [7, 11) is -0.710. The SMILES string of the molecule is COc1ccc([Si](C)(C)[C@H]2[C@H](CCn3cc(C(CO)c4ccccc4)nn3)O[C@@]3(C(=O)N(C/C=C(\C)CCC=C(C)C)c4ccc(N5CCC5=O)cc43)[C@@H]2C)cc1. The highest BCUT2D eigenvalue weighted by Crippen LogP contribution is 2.60. The van der Waals surface area contributed by atoms with E-state index in [0.717, 1.165) is 41.1 Å². The van der Waals surface area contributed by atoms with Crippen LogP contribution in [0.1, 0.15) is 76.1 Å². The Morgan fingerprint density at radius 2 is 1.81 bits per heavy atom. The molecule has 11 heteroatoms. The Bertz CT molecular complexity index is 2140. The van der Waals surface area contributed by atoms with Crippen molar-refractivity contribution in [3.8, 4) is 5.75 Å². The molecule has 0 bridgehead atoms. The van der Waals surface area contributed by atoms with Gasteiger partial charge in [0.15, 0.2) is 5.60 Å². The zero-order valence-corrected chi connectivity index (χ0v) is 35.4. The van der Waals surface area contributed by atoms with Crippen molar-refractivity contribution in [3.05, 3.63) is 119 Å². The highest BCUT2D eigenvalue weighted by atomic mass is 28.3. The Hall–Kier alpha value is -4.84. The van der Waals surface area contributed by atoms with Crippen LogP contribution in [0.2, 0.25) is 18.6 Å². The van der Waals surface area contributed by atoms with Crippen molar-refractivity contribution in [2.75, 3.05) is 36.6 Å². The Morgan fingerprint density at radius 3 is 2.46 bits per heavy atom. The number of aromatic nitrogens is 3. The Kier molecular flexibility index (Phi) is 11.7. The molecule has 0 aliphatic carbocycles. The van der Waals surface area contributed by atoms with Crippen molar-refractivity contribution in [3.63, 3.8) is 0 Å². The molecule has 0 radical (unpaired) electrons. The van der Waals surface area contributed by atoms with Crippen LogP contribution < -0.4 is 19.7 Å². The fourth-order valence-corrected chi connectivity index (χ4v) is 13.4. The number of aliphatic hydroxyl groups excluding tert-OH is 1. The van der Waals surface area contributed by atoms with Crippen LogP contribution in [0.3, 0.4) is 0 Å². The number of anilines is 2. The maximum atomic E-state index is 15.3. The fraction of sp³-hybridized carbons (Fsp3) is 0.435. The zero-order chi connectivity index (χ0) is 40.5. The van der Waals surface area contributed by atoms with E-state index in [9.17, 15) is 9.90 Å². The Labute approximate surface area is 338 Å². The number of aliphatic hydroxyl groups is 1. The van der Waals surface area contributed by atoms with Gasteiger partial charge in [0.2, 0.25) is 5.91 Å². The molecule has 0 saturated carbocycles. The monoisotopic (exact) mass is 787 g/mol. The third kappa shape index (κ3) is 7.65. The lowest BCUT2D eigenvalue weighted by Gasteiger charge is -2.37. The summed E-state index contributed by atoms with van der Waals surface area (Å²) in [6.45, 7) is 14.9. The number of fused-ring (bicyclic) bond motifs is 2. The standard InChI is InChI=1S/C46H57N5O5Si/c1-31(2)12-11-13-32(3)22-26-51-41-21-16-35(50-27-24-43(50)53)28-39(41)46(45(51)54)33(4)44(57(6,7)37-19-17-36(55-5)18-20-37)42(56-46)23-25-49-29-40(47-48-49)38(30-52)34-14-9-8-10-15-34/h8-10,12,14-22,28-29,33,38,42,44,52H,11,13,23-27,30H2,1-7H3/b32-22+/t33-,38?,42+,44-,46+/m1/s1. The predicted octanol–water partition coefficient (Wildman–Crippen LogP) is 7.49. The molecule has 57 heavy (non-hydrogen) atoms. The Balaban J connectivity index is 1.26. The van der Waals surface area contributed by atoms with E-state index in [1.54, 1.807) is 12.0 Å². The van der Waals surface area contributed by atoms with Crippen LogP contribution in [0.5, 0.6) is 5.75 Å². The van der Waals surface area contributed by atoms with E-state index >= 15 is 4.79 Å². The summed E-state index contributed by atoms with van der Waals surface area (Å²) < 4.78 is 14.8. The largest absolute Gasteiger partial charge is 0.497 e. The van der Waals surface area contributed by atoms with Gasteiger partial charge in [0, 0.05) is 49.4 Å². The third-order valence-electron chi connectivity index (χ3n) is 12.6. The normalized spacial score (nSPS) is 22.5. The van der Waals surface area contributed by atoms with Gasteiger partial charge < -0.3 is 24.4 Å². The van der Waals surface area contributed by atoms with E-state index < -0.39 is 13.7 Å². The van der Waals surface area contributed by atoms with Gasteiger partial charge in [-0.25, -0.2) is 0 Å². The number of rotatable bonds is 15. The van der Waals surface area contributed by atoms with Crippen molar-refractivity contribution in [2.24, 2.45) is 5.92 Å². The van der Waals surface area contributed by atoms with Crippen molar-refractivity contribution in [1.29, 1.82) is 0 Å². The summed E-state index contributed by atoms with van der Waals surface area (Å²) in [6.07, 6.45) is 9.08. The van der Waals surface area contributed by atoms with Gasteiger partial charge in [-0.1, -0.05) is 96.2 Å². The van der Waals surface area contributed by atoms with E-state index in [1.165, 1.54) is 16.3 Å². The van der Waals surface area contributed by atoms with Gasteiger partial charge in [-0.05, 0) is 81.5 Å². The number of ether oxygens (including phenoxy) is 2. The molecule has 1 unspecified atom stereocenters. The first-order valence-electron chi connectivity index (χ1n) is 20.3. The number of hydrogen-bond donors (Lipinski definition) is 1. The smallest absolute Gasteiger partial charge is 0.264 e. The quantitative estimate of drug-likeness (QED) is 0.0756. The van der Waals surface area contributed by atoms with Crippen LogP contribution >= 0.6 is 0 Å². The van der Waals surface area contributed by atoms with Crippen LogP contribution in [0.15, 0.2) is 102 Å². The average Bonchev–Trinajstić information content (AvgIpc) is 3.86. The van der Waals surface area contributed by atoms with Gasteiger partial charge in [0.25, 0.3) is 5.91 Å². The number of aryl methyl sites for hydroxylation is 1. The Morgan fingerprint density at radius 1 is 1.05 bits per heavy atom. The van der Waals surface area contributed by atoms with Crippen LogP contribution in [0, 0.1) is 5.92 Å². The van der Waals surface area contributed by atoms with Gasteiger partial charge in [0.05, 0.1) is 45.2 Å². The summed E-state index contributed by atoms with van der Waals surface area (Å²) in [5, 5.41) is 20.6. The van der Waals surface area contributed by atoms with Crippen molar-refractivity contribution >= 4 is 36.4 Å². The second-order valence-corrected chi connectivity index (χ2v) is 21.5. The molecule has 3 aliphatic heterocycles. The topological polar surface area (TPSA) is 110 Å². The first-order chi connectivity index (χ1) is 27.4. The molecule has 4 aromatic rings. The number of carbonyl (C=O) groups excluding carboxylic acids is 2. The second-order valence-electron chi connectivity index (χ2n) is 16.8. The average molecular weight is 788 g/mol. The molecule has 300 valence electrons. The summed E-state index contributed by atoms with van der Waals surface area (Å²) in [5.41, 5.74) is 5.52. The van der Waals surface area contributed by atoms with E-state index in [-0.39, 0.29) is 41.9 Å². The molecule has 3 aliphatic rings. The van der Waals surface area contributed by atoms with E-state index in [2.05, 4.69) is 81.5 Å². The van der Waals surface area contributed by atoms with Gasteiger partial charge in [-0.3, -0.25) is 14.3 Å². The summed E-state index contributed by atoms with van der Waals surface area (Å²) >= 11 is 0. The summed E-state index contributed by atoms with van der Waals surface area (Å²) in [6, 6.07) is 24.3. The molecule has 1 aromatic heterocycles. The zero-order valence-electron chi connectivity index (χ0n) is 34.4. The number of amides is 2. The molecule has 1 N–H and O–H groups in total. The molecule has 7 rings (SSSR count). The number of benzene rings is 3. The molecule has 5 atom stereocenters. The number of hydrogen-bond acceptors (Lipinski definition) is 7. The third-order valence-corrected chi connectivity index (χ3v) is 17.0. The lowest BCUT2D eigenvalue weighted by atomic mass is 9.82. The van der Waals surface area contributed by atoms with Crippen LogP contribution in [-0.4, -0.2) is 72.9 Å². The molecule has 2 saturated heterocycles. The van der Waals surface area contributed by atoms with Gasteiger partial charge in [-0.15, -0.1) is 5.10 Å². The minimum absolute atomic E-state index is 0.0378. The predicted molar refractivity (Wildman–Crippen MR) is 228 cm³/mol. The lowest BCUT2D eigenvalue weighted by Crippen LogP contribution is -2.52. The molecule has 3 aromatic carbocycles. The number of allylic oxidation sites excluding steroid dienone is 3. The maximum Gasteiger partial charge on any atom is 0.264 e.